The third-order valence-electron chi connectivity index (χ3n) is 5.40. The van der Waals surface area contributed by atoms with Crippen molar-refractivity contribution in [1.29, 1.82) is 0 Å². The molecule has 1 aliphatic carbocycles. The Bertz CT molecular complexity index is 905. The Kier molecular flexibility index (Phi) is 4.58. The summed E-state index contributed by atoms with van der Waals surface area (Å²) in [5.74, 6) is 0.0380. The minimum absolute atomic E-state index is 0.143. The van der Waals surface area contributed by atoms with Gasteiger partial charge < -0.3 is 5.32 Å². The Hall–Kier alpha value is -2.49. The molecule has 0 unspecified atom stereocenters. The molecule has 0 bridgehead atoms. The predicted molar refractivity (Wildman–Crippen MR) is 99.7 cm³/mol. The van der Waals surface area contributed by atoms with E-state index < -0.39 is 15.6 Å². The van der Waals surface area contributed by atoms with Crippen LogP contribution in [0.5, 0.6) is 0 Å². The number of sulfonamides is 1. The zero-order chi connectivity index (χ0) is 18.9. The van der Waals surface area contributed by atoms with Gasteiger partial charge in [0.1, 0.15) is 11.9 Å². The quantitative estimate of drug-likeness (QED) is 0.847. The topological polar surface area (TPSA) is 110 Å². The maximum atomic E-state index is 13.1. The van der Waals surface area contributed by atoms with Gasteiger partial charge in [-0.25, -0.2) is 13.1 Å². The van der Waals surface area contributed by atoms with Crippen molar-refractivity contribution >= 4 is 27.3 Å². The molecule has 10 heteroatoms. The van der Waals surface area contributed by atoms with E-state index in [9.17, 15) is 13.2 Å². The SMILES string of the molecule is O=C(Nc1ccc(N2CCCS2(=O)=O)cc1)C1(n2cnnn2)CCCCC1. The van der Waals surface area contributed by atoms with E-state index in [0.717, 1.165) is 19.3 Å². The molecule has 1 saturated heterocycles. The first-order valence-corrected chi connectivity index (χ1v) is 10.8. The van der Waals surface area contributed by atoms with Crippen LogP contribution < -0.4 is 9.62 Å². The van der Waals surface area contributed by atoms with Crippen LogP contribution in [-0.4, -0.2) is 46.8 Å². The Morgan fingerprint density at radius 1 is 1.07 bits per heavy atom. The zero-order valence-corrected chi connectivity index (χ0v) is 15.7. The van der Waals surface area contributed by atoms with Gasteiger partial charge in [-0.3, -0.25) is 9.10 Å². The first-order valence-electron chi connectivity index (χ1n) is 9.17. The molecule has 2 fully saturated rings. The number of tetrazole rings is 1. The Morgan fingerprint density at radius 2 is 1.81 bits per heavy atom. The fourth-order valence-electron chi connectivity index (χ4n) is 3.94. The van der Waals surface area contributed by atoms with Crippen LogP contribution in [0.1, 0.15) is 38.5 Å². The number of hydrogen-bond acceptors (Lipinski definition) is 6. The van der Waals surface area contributed by atoms with Crippen LogP contribution >= 0.6 is 0 Å². The minimum Gasteiger partial charge on any atom is -0.324 e. The van der Waals surface area contributed by atoms with Crippen molar-refractivity contribution in [2.75, 3.05) is 21.9 Å². The molecule has 1 aromatic heterocycles. The number of aromatic nitrogens is 4. The van der Waals surface area contributed by atoms with Gasteiger partial charge in [0.15, 0.2) is 0 Å². The average molecular weight is 390 g/mol. The van der Waals surface area contributed by atoms with E-state index in [1.807, 2.05) is 0 Å². The second-order valence-electron chi connectivity index (χ2n) is 7.09. The highest BCUT2D eigenvalue weighted by Crippen LogP contribution is 2.35. The van der Waals surface area contributed by atoms with Crippen molar-refractivity contribution in [3.05, 3.63) is 30.6 Å². The molecule has 0 atom stereocenters. The van der Waals surface area contributed by atoms with Crippen LogP contribution in [0.3, 0.4) is 0 Å². The zero-order valence-electron chi connectivity index (χ0n) is 14.9. The second-order valence-corrected chi connectivity index (χ2v) is 9.10. The molecule has 2 heterocycles. The molecule has 0 spiro atoms. The lowest BCUT2D eigenvalue weighted by atomic mass is 9.81. The molecule has 27 heavy (non-hydrogen) atoms. The standard InChI is InChI=1S/C17H22N6O3S/c24-16(17(9-2-1-3-10-17)23-13-18-20-21-23)19-14-5-7-15(8-6-14)22-11-4-12-27(22,25)26/h5-8,13H,1-4,9-12H2,(H,19,24). The van der Waals surface area contributed by atoms with Crippen molar-refractivity contribution in [3.8, 4) is 0 Å². The number of benzene rings is 1. The monoisotopic (exact) mass is 390 g/mol. The number of carbonyl (C=O) groups excluding carboxylic acids is 1. The highest BCUT2D eigenvalue weighted by atomic mass is 32.2. The van der Waals surface area contributed by atoms with Gasteiger partial charge in [0.2, 0.25) is 10.0 Å². The number of anilines is 2. The number of nitrogens with zero attached hydrogens (tertiary/aromatic N) is 5. The molecule has 144 valence electrons. The van der Waals surface area contributed by atoms with Crippen LogP contribution in [0.25, 0.3) is 0 Å². The Labute approximate surface area is 157 Å². The predicted octanol–water partition coefficient (Wildman–Crippen LogP) is 1.51. The lowest BCUT2D eigenvalue weighted by molar-refractivity contribution is -0.126. The lowest BCUT2D eigenvalue weighted by Crippen LogP contribution is -2.47. The first kappa shape index (κ1) is 17.9. The summed E-state index contributed by atoms with van der Waals surface area (Å²) in [6.07, 6.45) is 6.48. The highest BCUT2D eigenvalue weighted by Gasteiger charge is 2.42. The van der Waals surface area contributed by atoms with E-state index in [0.29, 0.717) is 37.2 Å². The molecule has 4 rings (SSSR count). The summed E-state index contributed by atoms with van der Waals surface area (Å²) in [6, 6.07) is 6.92. The van der Waals surface area contributed by atoms with E-state index in [1.165, 1.54) is 10.6 Å². The highest BCUT2D eigenvalue weighted by molar-refractivity contribution is 7.93. The molecule has 0 radical (unpaired) electrons. The fourth-order valence-corrected chi connectivity index (χ4v) is 5.51. The van der Waals surface area contributed by atoms with E-state index >= 15 is 0 Å². The largest absolute Gasteiger partial charge is 0.324 e. The van der Waals surface area contributed by atoms with Crippen molar-refractivity contribution in [2.45, 2.75) is 44.1 Å². The van der Waals surface area contributed by atoms with Crippen molar-refractivity contribution in [2.24, 2.45) is 0 Å². The smallest absolute Gasteiger partial charge is 0.252 e. The van der Waals surface area contributed by atoms with Crippen LogP contribution in [0.4, 0.5) is 11.4 Å². The maximum Gasteiger partial charge on any atom is 0.252 e. The molecule has 1 N–H and O–H groups in total. The normalized spacial score (nSPS) is 21.1. The third-order valence-corrected chi connectivity index (χ3v) is 7.27. The van der Waals surface area contributed by atoms with Gasteiger partial charge in [0, 0.05) is 12.2 Å². The van der Waals surface area contributed by atoms with Gasteiger partial charge >= 0.3 is 0 Å². The van der Waals surface area contributed by atoms with Crippen molar-refractivity contribution < 1.29 is 13.2 Å². The summed E-state index contributed by atoms with van der Waals surface area (Å²) in [7, 11) is -3.21. The van der Waals surface area contributed by atoms with Crippen LogP contribution in [0, 0.1) is 0 Å². The summed E-state index contributed by atoms with van der Waals surface area (Å²) >= 11 is 0. The van der Waals surface area contributed by atoms with Crippen LogP contribution in [0.15, 0.2) is 30.6 Å². The summed E-state index contributed by atoms with van der Waals surface area (Å²) in [6.45, 7) is 0.496. The molecule has 2 aliphatic rings. The van der Waals surface area contributed by atoms with E-state index in [4.69, 9.17) is 0 Å². The first-order chi connectivity index (χ1) is 13.0. The van der Waals surface area contributed by atoms with Crippen molar-refractivity contribution in [1.82, 2.24) is 20.2 Å². The van der Waals surface area contributed by atoms with Crippen LogP contribution in [-0.2, 0) is 20.4 Å². The fraction of sp³-hybridized carbons (Fsp3) is 0.529. The van der Waals surface area contributed by atoms with Gasteiger partial charge in [0.25, 0.3) is 5.91 Å². The average Bonchev–Trinajstić information content (AvgIpc) is 3.33. The van der Waals surface area contributed by atoms with Gasteiger partial charge in [0.05, 0.1) is 11.4 Å². The summed E-state index contributed by atoms with van der Waals surface area (Å²) in [4.78, 5) is 13.1. The van der Waals surface area contributed by atoms with Crippen LogP contribution in [0.2, 0.25) is 0 Å². The number of hydrogen-bond donors (Lipinski definition) is 1. The minimum atomic E-state index is -3.21. The molecule has 1 aliphatic heterocycles. The van der Waals surface area contributed by atoms with E-state index in [2.05, 4.69) is 20.8 Å². The summed E-state index contributed by atoms with van der Waals surface area (Å²) in [5, 5.41) is 14.3. The summed E-state index contributed by atoms with van der Waals surface area (Å²) in [5.41, 5.74) is 0.468. The van der Waals surface area contributed by atoms with Crippen molar-refractivity contribution in [3.63, 3.8) is 0 Å². The van der Waals surface area contributed by atoms with Gasteiger partial charge in [-0.05, 0) is 54.0 Å². The molecule has 2 aromatic rings. The number of carbonyl (C=O) groups is 1. The molecule has 1 amide bonds. The van der Waals surface area contributed by atoms with Gasteiger partial charge in [-0.15, -0.1) is 5.10 Å². The third kappa shape index (κ3) is 3.29. The molecule has 9 nitrogen and oxygen atoms in total. The Morgan fingerprint density at radius 3 is 2.41 bits per heavy atom. The molecule has 1 aromatic carbocycles. The lowest BCUT2D eigenvalue weighted by Gasteiger charge is -2.35. The van der Waals surface area contributed by atoms with Gasteiger partial charge in [-0.2, -0.15) is 0 Å². The molecular weight excluding hydrogens is 368 g/mol. The number of amides is 1. The maximum absolute atomic E-state index is 13.1. The molecule has 1 saturated carbocycles. The van der Waals surface area contributed by atoms with E-state index in [-0.39, 0.29) is 11.7 Å². The van der Waals surface area contributed by atoms with Gasteiger partial charge in [-0.1, -0.05) is 19.3 Å². The Balaban J connectivity index is 1.53. The number of rotatable bonds is 4. The number of nitrogens with one attached hydrogen (secondary N) is 1. The van der Waals surface area contributed by atoms with E-state index in [1.54, 1.807) is 28.9 Å². The second kappa shape index (κ2) is 6.91. The summed E-state index contributed by atoms with van der Waals surface area (Å²) < 4.78 is 27.1. The molecular formula is C17H22N6O3S.